The largest absolute Gasteiger partial charge is 0.497 e. The summed E-state index contributed by atoms with van der Waals surface area (Å²) in [5, 5.41) is 12.0. The fraction of sp³-hybridized carbons (Fsp3) is 0.360. The van der Waals surface area contributed by atoms with E-state index >= 15 is 0 Å². The van der Waals surface area contributed by atoms with Gasteiger partial charge in [-0.2, -0.15) is 0 Å². The Hall–Kier alpha value is -3.37. The number of aromatic nitrogens is 2. The molecule has 2 amide bonds. The van der Waals surface area contributed by atoms with Crippen molar-refractivity contribution in [1.29, 1.82) is 0 Å². The fourth-order valence-corrected chi connectivity index (χ4v) is 4.62. The van der Waals surface area contributed by atoms with Gasteiger partial charge < -0.3 is 15.0 Å². The second-order valence-electron chi connectivity index (χ2n) is 8.32. The van der Waals surface area contributed by atoms with E-state index in [-0.39, 0.29) is 17.6 Å². The maximum absolute atomic E-state index is 13.0. The Bertz CT molecular complexity index is 1130. The van der Waals surface area contributed by atoms with Crippen LogP contribution in [-0.2, 0) is 24.3 Å². The van der Waals surface area contributed by atoms with Crippen LogP contribution in [0.4, 0.5) is 4.39 Å². The Kier molecular flexibility index (Phi) is 8.38. The van der Waals surface area contributed by atoms with Crippen LogP contribution in [0.3, 0.4) is 0 Å². The fourth-order valence-electron chi connectivity index (χ4n) is 3.82. The van der Waals surface area contributed by atoms with Crippen molar-refractivity contribution in [2.45, 2.75) is 25.9 Å². The van der Waals surface area contributed by atoms with Crippen molar-refractivity contribution in [2.24, 2.45) is 0 Å². The summed E-state index contributed by atoms with van der Waals surface area (Å²) >= 11 is 1.26. The number of halogens is 1. The van der Waals surface area contributed by atoms with E-state index in [2.05, 4.69) is 20.4 Å². The Morgan fingerprint density at radius 3 is 2.37 bits per heavy atom. The van der Waals surface area contributed by atoms with Gasteiger partial charge in [0.1, 0.15) is 16.6 Å². The van der Waals surface area contributed by atoms with Crippen LogP contribution in [0.15, 0.2) is 48.5 Å². The van der Waals surface area contributed by atoms with Crippen LogP contribution in [0.25, 0.3) is 0 Å². The van der Waals surface area contributed by atoms with E-state index < -0.39 is 0 Å². The van der Waals surface area contributed by atoms with E-state index in [1.165, 1.54) is 23.5 Å². The topological polar surface area (TPSA) is 87.7 Å². The van der Waals surface area contributed by atoms with Crippen molar-refractivity contribution < 1.29 is 18.7 Å². The smallest absolute Gasteiger partial charge is 0.282 e. The molecule has 1 saturated heterocycles. The normalized spacial score (nSPS) is 14.1. The Morgan fingerprint density at radius 2 is 1.69 bits per heavy atom. The third kappa shape index (κ3) is 7.06. The Morgan fingerprint density at radius 1 is 1.00 bits per heavy atom. The first-order chi connectivity index (χ1) is 17.0. The van der Waals surface area contributed by atoms with Gasteiger partial charge in [-0.1, -0.05) is 35.6 Å². The monoisotopic (exact) mass is 497 g/mol. The standard InChI is InChI=1S/C25H28FN5O3S/c1-34-21-9-4-18(5-10-21)6-11-23(32)31-14-12-30(13-15-31)17-22-28-29-25(35-22)24(33)27-16-19-2-7-20(26)8-3-19/h2-5,7-10H,6,11-17H2,1H3,(H,27,33). The molecule has 35 heavy (non-hydrogen) atoms. The summed E-state index contributed by atoms with van der Waals surface area (Å²) < 4.78 is 18.2. The molecule has 0 radical (unpaired) electrons. The molecule has 0 saturated carbocycles. The molecule has 1 N–H and O–H groups in total. The molecule has 1 aliphatic rings. The van der Waals surface area contributed by atoms with Crippen molar-refractivity contribution in [2.75, 3.05) is 33.3 Å². The zero-order valence-electron chi connectivity index (χ0n) is 19.6. The number of benzene rings is 2. The quantitative estimate of drug-likeness (QED) is 0.489. The number of rotatable bonds is 9. The van der Waals surface area contributed by atoms with Gasteiger partial charge >= 0.3 is 0 Å². The van der Waals surface area contributed by atoms with Crippen LogP contribution in [0, 0.1) is 5.82 Å². The molecule has 10 heteroatoms. The number of hydrogen-bond donors (Lipinski definition) is 1. The highest BCUT2D eigenvalue weighted by Gasteiger charge is 2.22. The second-order valence-corrected chi connectivity index (χ2v) is 9.38. The lowest BCUT2D eigenvalue weighted by molar-refractivity contribution is -0.133. The molecule has 2 aromatic carbocycles. The van der Waals surface area contributed by atoms with Crippen molar-refractivity contribution in [3.05, 3.63) is 75.5 Å². The van der Waals surface area contributed by atoms with Gasteiger partial charge in [0.2, 0.25) is 10.9 Å². The first kappa shape index (κ1) is 24.7. The Labute approximate surface area is 207 Å². The highest BCUT2D eigenvalue weighted by atomic mass is 32.1. The van der Waals surface area contributed by atoms with Gasteiger partial charge in [-0.25, -0.2) is 4.39 Å². The van der Waals surface area contributed by atoms with Gasteiger partial charge in [0.05, 0.1) is 13.7 Å². The van der Waals surface area contributed by atoms with Gasteiger partial charge in [0.25, 0.3) is 5.91 Å². The number of carbonyl (C=O) groups is 2. The first-order valence-corrected chi connectivity index (χ1v) is 12.3. The molecule has 0 atom stereocenters. The van der Waals surface area contributed by atoms with E-state index in [0.29, 0.717) is 44.0 Å². The number of methoxy groups -OCH3 is 1. The lowest BCUT2D eigenvalue weighted by Crippen LogP contribution is -2.48. The van der Waals surface area contributed by atoms with E-state index in [9.17, 15) is 14.0 Å². The van der Waals surface area contributed by atoms with Crippen LogP contribution in [-0.4, -0.2) is 65.1 Å². The summed E-state index contributed by atoms with van der Waals surface area (Å²) in [5.41, 5.74) is 1.92. The SMILES string of the molecule is COc1ccc(CCC(=O)N2CCN(Cc3nnc(C(=O)NCc4ccc(F)cc4)s3)CC2)cc1. The average molecular weight is 498 g/mol. The molecule has 1 aromatic heterocycles. The average Bonchev–Trinajstić information content (AvgIpc) is 3.36. The molecule has 1 fully saturated rings. The number of nitrogens with zero attached hydrogens (tertiary/aromatic N) is 4. The molecular weight excluding hydrogens is 469 g/mol. The van der Waals surface area contributed by atoms with Crippen molar-refractivity contribution >= 4 is 23.2 Å². The second kappa shape index (κ2) is 11.9. The maximum atomic E-state index is 13.0. The van der Waals surface area contributed by atoms with Crippen LogP contribution in [0.1, 0.15) is 32.4 Å². The van der Waals surface area contributed by atoms with E-state index in [1.54, 1.807) is 19.2 Å². The Balaban J connectivity index is 1.18. The number of nitrogens with one attached hydrogen (secondary N) is 1. The first-order valence-electron chi connectivity index (χ1n) is 11.5. The minimum atomic E-state index is -0.312. The molecule has 0 bridgehead atoms. The highest BCUT2D eigenvalue weighted by molar-refractivity contribution is 7.13. The molecule has 1 aliphatic heterocycles. The van der Waals surface area contributed by atoms with Crippen LogP contribution in [0.2, 0.25) is 0 Å². The third-order valence-electron chi connectivity index (χ3n) is 5.90. The van der Waals surface area contributed by atoms with E-state index in [4.69, 9.17) is 4.74 Å². The summed E-state index contributed by atoms with van der Waals surface area (Å²) in [4.78, 5) is 29.1. The molecule has 0 unspecified atom stereocenters. The molecular formula is C25H28FN5O3S. The molecule has 0 spiro atoms. The van der Waals surface area contributed by atoms with E-state index in [0.717, 1.165) is 35.0 Å². The number of ether oxygens (including phenoxy) is 1. The van der Waals surface area contributed by atoms with E-state index in [1.807, 2.05) is 29.2 Å². The zero-order chi connectivity index (χ0) is 24.6. The number of amides is 2. The van der Waals surface area contributed by atoms with Gasteiger partial charge in [-0.05, 0) is 41.8 Å². The highest BCUT2D eigenvalue weighted by Crippen LogP contribution is 2.16. The zero-order valence-corrected chi connectivity index (χ0v) is 20.4. The number of piperazine rings is 1. The molecule has 0 aliphatic carbocycles. The van der Waals surface area contributed by atoms with Gasteiger partial charge in [0, 0.05) is 39.1 Å². The lowest BCUT2D eigenvalue weighted by atomic mass is 10.1. The number of aryl methyl sites for hydroxylation is 1. The summed E-state index contributed by atoms with van der Waals surface area (Å²) in [6, 6.07) is 13.8. The summed E-state index contributed by atoms with van der Waals surface area (Å²) in [5.74, 6) is 0.360. The van der Waals surface area contributed by atoms with Crippen LogP contribution < -0.4 is 10.1 Å². The molecule has 184 valence electrons. The third-order valence-corrected chi connectivity index (χ3v) is 6.80. The van der Waals surface area contributed by atoms with Crippen molar-refractivity contribution in [1.82, 2.24) is 25.3 Å². The molecule has 8 nitrogen and oxygen atoms in total. The lowest BCUT2D eigenvalue weighted by Gasteiger charge is -2.34. The summed E-state index contributed by atoms with van der Waals surface area (Å²) in [6.45, 7) is 3.73. The van der Waals surface area contributed by atoms with Gasteiger partial charge in [0.15, 0.2) is 0 Å². The number of hydrogen-bond acceptors (Lipinski definition) is 7. The number of carbonyl (C=O) groups excluding carboxylic acids is 2. The van der Waals surface area contributed by atoms with Gasteiger partial charge in [-0.3, -0.25) is 14.5 Å². The van der Waals surface area contributed by atoms with Gasteiger partial charge in [-0.15, -0.1) is 10.2 Å². The van der Waals surface area contributed by atoms with Crippen LogP contribution in [0.5, 0.6) is 5.75 Å². The minimum absolute atomic E-state index is 0.163. The molecule has 2 heterocycles. The summed E-state index contributed by atoms with van der Waals surface area (Å²) in [7, 11) is 1.64. The van der Waals surface area contributed by atoms with Crippen molar-refractivity contribution in [3.8, 4) is 5.75 Å². The molecule has 4 rings (SSSR count). The predicted molar refractivity (Wildman–Crippen MR) is 131 cm³/mol. The summed E-state index contributed by atoms with van der Waals surface area (Å²) in [6.07, 6.45) is 1.19. The maximum Gasteiger partial charge on any atom is 0.282 e. The predicted octanol–water partition coefficient (Wildman–Crippen LogP) is 2.89. The minimum Gasteiger partial charge on any atom is -0.497 e. The van der Waals surface area contributed by atoms with Crippen molar-refractivity contribution in [3.63, 3.8) is 0 Å². The van der Waals surface area contributed by atoms with Crippen LogP contribution >= 0.6 is 11.3 Å². The molecule has 3 aromatic rings.